The molecular weight excluding hydrogens is 611 g/mol. The Bertz CT molecular complexity index is 1500. The average Bonchev–Trinajstić information content (AvgIpc) is 2.99. The molecule has 2 heterocycles. The highest BCUT2D eigenvalue weighted by Crippen LogP contribution is 2.21. The lowest BCUT2D eigenvalue weighted by Crippen LogP contribution is -2.37. The van der Waals surface area contributed by atoms with Crippen molar-refractivity contribution in [2.75, 3.05) is 0 Å². The summed E-state index contributed by atoms with van der Waals surface area (Å²) >= 11 is 5.39. The molecule has 2 aromatic carbocycles. The predicted octanol–water partition coefficient (Wildman–Crippen LogP) is 4.69. The molecule has 2 aromatic heterocycles. The van der Waals surface area contributed by atoms with Gasteiger partial charge in [0.2, 0.25) is 0 Å². The SMILES string of the molecule is CC(C)(C)OC(=O)NCc1ccccc1-c1ccncn1.CC(C)(C)OC(=O)NCc1ccccc1B(O)O.Clc1ccncn1. The maximum atomic E-state index is 11.7. The fourth-order valence-corrected chi connectivity index (χ4v) is 3.66. The van der Waals surface area contributed by atoms with E-state index in [9.17, 15) is 9.59 Å². The van der Waals surface area contributed by atoms with E-state index in [2.05, 4.69) is 30.6 Å². The Balaban J connectivity index is 0.000000267. The Hall–Kier alpha value is -4.59. The van der Waals surface area contributed by atoms with Gasteiger partial charge in [-0.25, -0.2) is 29.5 Å². The molecule has 244 valence electrons. The van der Waals surface area contributed by atoms with Gasteiger partial charge in [-0.15, -0.1) is 0 Å². The largest absolute Gasteiger partial charge is 0.488 e. The number of hydrogen-bond acceptors (Lipinski definition) is 10. The summed E-state index contributed by atoms with van der Waals surface area (Å²) < 4.78 is 10.3. The maximum Gasteiger partial charge on any atom is 0.488 e. The standard InChI is InChI=1S/C16H19N3O2.C12H18BNO4.C4H3ClN2/c1-16(2,3)21-15(20)18-10-12-6-4-5-7-13(12)14-8-9-17-11-19-14;1-12(2,3)18-11(15)14-8-9-6-4-5-7-10(9)13(16)17;5-4-1-2-6-3-7-4/h4-9,11H,10H2,1-3H3,(H,18,20);4-7,16-17H,8H2,1-3H3,(H,14,15);1-3H. The fourth-order valence-electron chi connectivity index (χ4n) is 3.56. The van der Waals surface area contributed by atoms with Crippen molar-refractivity contribution in [2.45, 2.75) is 65.8 Å². The molecule has 0 bridgehead atoms. The second-order valence-electron chi connectivity index (χ2n) is 11.6. The minimum atomic E-state index is -1.55. The zero-order valence-electron chi connectivity index (χ0n) is 26.8. The number of nitrogens with one attached hydrogen (secondary N) is 2. The molecule has 4 aromatic rings. The summed E-state index contributed by atoms with van der Waals surface area (Å²) in [7, 11) is -1.55. The van der Waals surface area contributed by atoms with Crippen molar-refractivity contribution in [1.29, 1.82) is 0 Å². The van der Waals surface area contributed by atoms with Crippen LogP contribution in [0.25, 0.3) is 11.3 Å². The van der Waals surface area contributed by atoms with E-state index in [-0.39, 0.29) is 6.54 Å². The number of alkyl carbamates (subject to hydrolysis) is 2. The highest BCUT2D eigenvalue weighted by molar-refractivity contribution is 6.59. The van der Waals surface area contributed by atoms with Crippen LogP contribution in [0.1, 0.15) is 52.7 Å². The van der Waals surface area contributed by atoms with Crippen molar-refractivity contribution in [1.82, 2.24) is 30.6 Å². The third-order valence-corrected chi connectivity index (χ3v) is 5.62. The summed E-state index contributed by atoms with van der Waals surface area (Å²) in [6, 6.07) is 18.0. The molecule has 0 radical (unpaired) electrons. The van der Waals surface area contributed by atoms with E-state index in [1.54, 1.807) is 63.5 Å². The normalized spacial score (nSPS) is 10.6. The number of benzene rings is 2. The molecule has 0 atom stereocenters. The number of halogens is 1. The van der Waals surface area contributed by atoms with Crippen LogP contribution in [-0.2, 0) is 22.6 Å². The fraction of sp³-hybridized carbons (Fsp3) is 0.312. The number of amides is 2. The van der Waals surface area contributed by atoms with Crippen molar-refractivity contribution in [2.24, 2.45) is 0 Å². The summed E-state index contributed by atoms with van der Waals surface area (Å²) in [6.07, 6.45) is 5.23. The third-order valence-electron chi connectivity index (χ3n) is 5.40. The van der Waals surface area contributed by atoms with Crippen molar-refractivity contribution < 1.29 is 29.1 Å². The first-order valence-corrected chi connectivity index (χ1v) is 14.7. The van der Waals surface area contributed by atoms with Gasteiger partial charge < -0.3 is 30.2 Å². The zero-order chi connectivity index (χ0) is 34.2. The van der Waals surface area contributed by atoms with Gasteiger partial charge in [0, 0.05) is 31.0 Å². The monoisotopic (exact) mass is 650 g/mol. The zero-order valence-corrected chi connectivity index (χ0v) is 27.5. The third kappa shape index (κ3) is 15.4. The summed E-state index contributed by atoms with van der Waals surface area (Å²) in [5, 5.41) is 24.1. The number of rotatable bonds is 6. The molecule has 4 N–H and O–H groups in total. The van der Waals surface area contributed by atoms with Gasteiger partial charge in [0.1, 0.15) is 29.0 Å². The Morgan fingerprint density at radius 2 is 1.24 bits per heavy atom. The van der Waals surface area contributed by atoms with Crippen LogP contribution in [-0.4, -0.2) is 60.5 Å². The molecule has 0 saturated carbocycles. The van der Waals surface area contributed by atoms with Crippen LogP contribution in [0.15, 0.2) is 85.7 Å². The van der Waals surface area contributed by atoms with Crippen molar-refractivity contribution in [3.8, 4) is 11.3 Å². The van der Waals surface area contributed by atoms with E-state index in [0.717, 1.165) is 16.8 Å². The van der Waals surface area contributed by atoms with Crippen LogP contribution >= 0.6 is 11.6 Å². The lowest BCUT2D eigenvalue weighted by Gasteiger charge is -2.20. The summed E-state index contributed by atoms with van der Waals surface area (Å²) in [5.74, 6) is 0. The summed E-state index contributed by atoms with van der Waals surface area (Å²) in [4.78, 5) is 38.6. The van der Waals surface area contributed by atoms with E-state index in [4.69, 9.17) is 31.1 Å². The van der Waals surface area contributed by atoms with E-state index >= 15 is 0 Å². The Morgan fingerprint density at radius 3 is 1.70 bits per heavy atom. The minimum Gasteiger partial charge on any atom is -0.444 e. The molecule has 12 nitrogen and oxygen atoms in total. The number of carbonyl (C=O) groups excluding carboxylic acids is 2. The van der Waals surface area contributed by atoms with Gasteiger partial charge in [-0.3, -0.25) is 0 Å². The lowest BCUT2D eigenvalue weighted by atomic mass is 9.77. The molecular formula is C32H40BClN6O6. The van der Waals surface area contributed by atoms with E-state index in [0.29, 0.717) is 22.7 Å². The predicted molar refractivity (Wildman–Crippen MR) is 177 cm³/mol. The minimum absolute atomic E-state index is 0.183. The van der Waals surface area contributed by atoms with Crippen LogP contribution < -0.4 is 16.1 Å². The Kier molecular flexibility index (Phi) is 15.0. The molecule has 0 saturated heterocycles. The van der Waals surface area contributed by atoms with Crippen LogP contribution in [0.4, 0.5) is 9.59 Å². The summed E-state index contributed by atoms with van der Waals surface area (Å²) in [5.41, 5.74) is 2.72. The number of aromatic nitrogens is 4. The highest BCUT2D eigenvalue weighted by Gasteiger charge is 2.19. The number of ether oxygens (including phenoxy) is 2. The smallest absolute Gasteiger partial charge is 0.444 e. The van der Waals surface area contributed by atoms with Crippen molar-refractivity contribution >= 4 is 36.4 Å². The van der Waals surface area contributed by atoms with Crippen LogP contribution in [0.5, 0.6) is 0 Å². The molecule has 46 heavy (non-hydrogen) atoms. The molecule has 2 amide bonds. The number of carbonyl (C=O) groups is 2. The average molecular weight is 651 g/mol. The quantitative estimate of drug-likeness (QED) is 0.170. The first kappa shape index (κ1) is 37.6. The van der Waals surface area contributed by atoms with Gasteiger partial charge in [0.15, 0.2) is 0 Å². The van der Waals surface area contributed by atoms with Crippen molar-refractivity contribution in [3.63, 3.8) is 0 Å². The second-order valence-corrected chi connectivity index (χ2v) is 12.0. The molecule has 14 heteroatoms. The molecule has 0 aliphatic carbocycles. The Morgan fingerprint density at radius 1 is 0.739 bits per heavy atom. The van der Waals surface area contributed by atoms with Gasteiger partial charge in [-0.2, -0.15) is 0 Å². The number of hydrogen-bond donors (Lipinski definition) is 4. The van der Waals surface area contributed by atoms with Gasteiger partial charge in [0.05, 0.1) is 5.69 Å². The van der Waals surface area contributed by atoms with Crippen LogP contribution in [0.2, 0.25) is 5.15 Å². The molecule has 4 rings (SSSR count). The molecule has 0 fully saturated rings. The van der Waals surface area contributed by atoms with E-state index < -0.39 is 30.5 Å². The number of nitrogens with zero attached hydrogens (tertiary/aromatic N) is 4. The summed E-state index contributed by atoms with van der Waals surface area (Å²) in [6.45, 7) is 11.4. The Labute approximate surface area is 274 Å². The molecule has 0 spiro atoms. The van der Waals surface area contributed by atoms with Gasteiger partial charge >= 0.3 is 19.3 Å². The molecule has 0 aliphatic rings. The van der Waals surface area contributed by atoms with E-state index in [1.807, 2.05) is 51.1 Å². The first-order chi connectivity index (χ1) is 21.6. The maximum absolute atomic E-state index is 11.7. The first-order valence-electron chi connectivity index (χ1n) is 14.3. The topological polar surface area (TPSA) is 169 Å². The van der Waals surface area contributed by atoms with Gasteiger partial charge in [-0.05, 0) is 70.3 Å². The van der Waals surface area contributed by atoms with Gasteiger partial charge in [0.25, 0.3) is 0 Å². The van der Waals surface area contributed by atoms with Crippen LogP contribution in [0, 0.1) is 0 Å². The highest BCUT2D eigenvalue weighted by atomic mass is 35.5. The molecule has 0 aliphatic heterocycles. The van der Waals surface area contributed by atoms with Crippen LogP contribution in [0.3, 0.4) is 0 Å². The van der Waals surface area contributed by atoms with Gasteiger partial charge in [-0.1, -0.05) is 60.1 Å². The lowest BCUT2D eigenvalue weighted by molar-refractivity contribution is 0.0512. The van der Waals surface area contributed by atoms with Crippen molar-refractivity contribution in [3.05, 3.63) is 102 Å². The van der Waals surface area contributed by atoms with E-state index in [1.165, 1.54) is 12.7 Å². The second kappa shape index (κ2) is 18.4. The molecule has 0 unspecified atom stereocenters.